The predicted molar refractivity (Wildman–Crippen MR) is 87.5 cm³/mol. The van der Waals surface area contributed by atoms with Gasteiger partial charge in [0.05, 0.1) is 16.5 Å². The standard InChI is InChI=1S/C16H22N4O2S/c1-13-10-14(11-17)2-3-16(13)23(21,22)20-7-4-15(12-20)19-8-5-18-6-9-19/h2-3,10,15,18H,4-9,12H2,1H3. The molecule has 0 aromatic heterocycles. The molecule has 0 spiro atoms. The van der Waals surface area contributed by atoms with E-state index in [9.17, 15) is 8.42 Å². The van der Waals surface area contributed by atoms with Gasteiger partial charge in [-0.1, -0.05) is 0 Å². The summed E-state index contributed by atoms with van der Waals surface area (Å²) in [7, 11) is -3.48. The van der Waals surface area contributed by atoms with E-state index in [4.69, 9.17) is 5.26 Å². The van der Waals surface area contributed by atoms with Gasteiger partial charge < -0.3 is 5.32 Å². The quantitative estimate of drug-likeness (QED) is 0.873. The van der Waals surface area contributed by atoms with E-state index in [1.807, 2.05) is 6.07 Å². The van der Waals surface area contributed by atoms with E-state index in [2.05, 4.69) is 10.2 Å². The van der Waals surface area contributed by atoms with Gasteiger partial charge in [0.15, 0.2) is 0 Å². The van der Waals surface area contributed by atoms with Gasteiger partial charge in [-0.3, -0.25) is 4.90 Å². The van der Waals surface area contributed by atoms with Crippen molar-refractivity contribution in [2.45, 2.75) is 24.3 Å². The normalized spacial score (nSPS) is 23.7. The van der Waals surface area contributed by atoms with E-state index < -0.39 is 10.0 Å². The molecule has 3 rings (SSSR count). The molecule has 0 bridgehead atoms. The van der Waals surface area contributed by atoms with Crippen LogP contribution in [0.15, 0.2) is 23.1 Å². The number of piperazine rings is 1. The molecule has 0 saturated carbocycles. The summed E-state index contributed by atoms with van der Waals surface area (Å²) in [4.78, 5) is 2.70. The Kier molecular flexibility index (Phi) is 4.69. The highest BCUT2D eigenvalue weighted by molar-refractivity contribution is 7.89. The first-order valence-corrected chi connectivity index (χ1v) is 9.42. The third kappa shape index (κ3) is 3.26. The fourth-order valence-electron chi connectivity index (χ4n) is 3.42. The Morgan fingerprint density at radius 1 is 1.26 bits per heavy atom. The molecule has 1 N–H and O–H groups in total. The lowest BCUT2D eigenvalue weighted by Gasteiger charge is -2.32. The van der Waals surface area contributed by atoms with E-state index in [0.717, 1.165) is 32.6 Å². The Morgan fingerprint density at radius 3 is 2.65 bits per heavy atom. The summed E-state index contributed by atoms with van der Waals surface area (Å²) >= 11 is 0. The maximum Gasteiger partial charge on any atom is 0.243 e. The highest BCUT2D eigenvalue weighted by Crippen LogP contribution is 2.26. The number of hydrogen-bond acceptors (Lipinski definition) is 5. The molecular weight excluding hydrogens is 312 g/mol. The molecule has 2 fully saturated rings. The van der Waals surface area contributed by atoms with Gasteiger partial charge in [0.25, 0.3) is 0 Å². The molecule has 1 unspecified atom stereocenters. The first kappa shape index (κ1) is 16.4. The minimum atomic E-state index is -3.48. The van der Waals surface area contributed by atoms with Crippen molar-refractivity contribution < 1.29 is 8.42 Å². The van der Waals surface area contributed by atoms with Crippen LogP contribution < -0.4 is 5.32 Å². The van der Waals surface area contributed by atoms with Gasteiger partial charge in [-0.05, 0) is 37.1 Å². The number of sulfonamides is 1. The van der Waals surface area contributed by atoms with Gasteiger partial charge in [0, 0.05) is 45.3 Å². The van der Waals surface area contributed by atoms with Crippen LogP contribution in [0.2, 0.25) is 0 Å². The molecule has 2 saturated heterocycles. The molecule has 0 aliphatic carbocycles. The van der Waals surface area contributed by atoms with Crippen molar-refractivity contribution >= 4 is 10.0 Å². The fourth-order valence-corrected chi connectivity index (χ4v) is 5.12. The Labute approximate surface area is 137 Å². The molecule has 2 heterocycles. The molecule has 1 atom stereocenters. The molecule has 2 aliphatic heterocycles. The van der Waals surface area contributed by atoms with E-state index in [-0.39, 0.29) is 0 Å². The van der Waals surface area contributed by atoms with Crippen molar-refractivity contribution in [3.63, 3.8) is 0 Å². The molecule has 23 heavy (non-hydrogen) atoms. The molecule has 124 valence electrons. The van der Waals surface area contributed by atoms with Crippen LogP contribution in [0.3, 0.4) is 0 Å². The number of nitrogens with one attached hydrogen (secondary N) is 1. The van der Waals surface area contributed by atoms with Gasteiger partial charge in [0.1, 0.15) is 0 Å². The molecule has 0 radical (unpaired) electrons. The summed E-state index contributed by atoms with van der Waals surface area (Å²) in [5, 5.41) is 12.2. The molecule has 2 aliphatic rings. The van der Waals surface area contributed by atoms with Crippen LogP contribution in [0.4, 0.5) is 0 Å². The van der Waals surface area contributed by atoms with Gasteiger partial charge >= 0.3 is 0 Å². The van der Waals surface area contributed by atoms with Crippen LogP contribution in [0, 0.1) is 18.3 Å². The van der Waals surface area contributed by atoms with Crippen molar-refractivity contribution in [2.24, 2.45) is 0 Å². The summed E-state index contributed by atoms with van der Waals surface area (Å²) in [6.07, 6.45) is 0.883. The smallest absolute Gasteiger partial charge is 0.243 e. The van der Waals surface area contributed by atoms with Crippen LogP contribution in [0.5, 0.6) is 0 Å². The van der Waals surface area contributed by atoms with Gasteiger partial charge in [-0.15, -0.1) is 0 Å². The van der Waals surface area contributed by atoms with E-state index >= 15 is 0 Å². The molecule has 6 nitrogen and oxygen atoms in total. The van der Waals surface area contributed by atoms with Crippen molar-refractivity contribution in [1.82, 2.24) is 14.5 Å². The lowest BCUT2D eigenvalue weighted by atomic mass is 10.2. The summed E-state index contributed by atoms with van der Waals surface area (Å²) in [5.41, 5.74) is 1.12. The van der Waals surface area contributed by atoms with Crippen LogP contribution in [-0.4, -0.2) is 62.9 Å². The molecular formula is C16H22N4O2S. The van der Waals surface area contributed by atoms with Crippen LogP contribution in [0.25, 0.3) is 0 Å². The zero-order chi connectivity index (χ0) is 16.4. The van der Waals surface area contributed by atoms with E-state index in [1.165, 1.54) is 0 Å². The lowest BCUT2D eigenvalue weighted by Crippen LogP contribution is -2.49. The zero-order valence-electron chi connectivity index (χ0n) is 13.3. The Balaban J connectivity index is 1.77. The predicted octanol–water partition coefficient (Wildman–Crippen LogP) is 0.535. The average molecular weight is 334 g/mol. The maximum absolute atomic E-state index is 12.9. The Morgan fingerprint density at radius 2 is 2.00 bits per heavy atom. The van der Waals surface area contributed by atoms with Crippen molar-refractivity contribution in [2.75, 3.05) is 39.3 Å². The summed E-state index contributed by atoms with van der Waals surface area (Å²) in [6, 6.07) is 7.12. The first-order chi connectivity index (χ1) is 11.0. The SMILES string of the molecule is Cc1cc(C#N)ccc1S(=O)(=O)N1CCC(N2CCNCC2)C1. The third-order valence-electron chi connectivity index (χ3n) is 4.72. The van der Waals surface area contributed by atoms with Gasteiger partial charge in [0.2, 0.25) is 10.0 Å². The second-order valence-corrected chi connectivity index (χ2v) is 8.09. The summed E-state index contributed by atoms with van der Waals surface area (Å²) in [6.45, 7) is 6.77. The van der Waals surface area contributed by atoms with Crippen LogP contribution >= 0.6 is 0 Å². The highest BCUT2D eigenvalue weighted by Gasteiger charge is 2.36. The van der Waals surface area contributed by atoms with Crippen molar-refractivity contribution in [1.29, 1.82) is 5.26 Å². The minimum absolute atomic E-state index is 0.311. The van der Waals surface area contributed by atoms with Crippen molar-refractivity contribution in [3.05, 3.63) is 29.3 Å². The second kappa shape index (κ2) is 6.57. The number of aryl methyl sites for hydroxylation is 1. The zero-order valence-corrected chi connectivity index (χ0v) is 14.1. The Bertz CT molecular complexity index is 720. The number of nitrogens with zero attached hydrogens (tertiary/aromatic N) is 3. The summed E-state index contributed by atoms with van der Waals surface area (Å²) in [5.74, 6) is 0. The largest absolute Gasteiger partial charge is 0.314 e. The third-order valence-corrected chi connectivity index (χ3v) is 6.74. The molecule has 7 heteroatoms. The molecule has 1 aromatic rings. The number of rotatable bonds is 3. The van der Waals surface area contributed by atoms with Gasteiger partial charge in [-0.25, -0.2) is 8.42 Å². The van der Waals surface area contributed by atoms with Crippen LogP contribution in [0.1, 0.15) is 17.5 Å². The fraction of sp³-hybridized carbons (Fsp3) is 0.562. The number of hydrogen-bond donors (Lipinski definition) is 1. The van der Waals surface area contributed by atoms with Crippen LogP contribution in [-0.2, 0) is 10.0 Å². The second-order valence-electron chi connectivity index (χ2n) is 6.18. The van der Waals surface area contributed by atoms with E-state index in [1.54, 1.807) is 29.4 Å². The number of nitriles is 1. The highest BCUT2D eigenvalue weighted by atomic mass is 32.2. The molecule has 1 aromatic carbocycles. The lowest BCUT2D eigenvalue weighted by molar-refractivity contribution is 0.179. The Hall–Kier alpha value is -1.46. The number of benzene rings is 1. The van der Waals surface area contributed by atoms with Gasteiger partial charge in [-0.2, -0.15) is 9.57 Å². The minimum Gasteiger partial charge on any atom is -0.314 e. The summed E-state index contributed by atoms with van der Waals surface area (Å²) < 4.78 is 27.4. The monoisotopic (exact) mass is 334 g/mol. The maximum atomic E-state index is 12.9. The van der Waals surface area contributed by atoms with Crippen molar-refractivity contribution in [3.8, 4) is 6.07 Å². The average Bonchev–Trinajstić information content (AvgIpc) is 3.06. The molecule has 0 amide bonds. The topological polar surface area (TPSA) is 76.4 Å². The first-order valence-electron chi connectivity index (χ1n) is 7.98. The van der Waals surface area contributed by atoms with E-state index in [0.29, 0.717) is 35.2 Å².